The molecule has 1 atom stereocenters. The molecule has 60 valence electrons. The summed E-state index contributed by atoms with van der Waals surface area (Å²) in [7, 11) is 0. The Morgan fingerprint density at radius 3 is 2.55 bits per heavy atom. The molecule has 0 spiro atoms. The Kier molecular flexibility index (Phi) is 3.22. The molecule has 3 nitrogen and oxygen atoms in total. The SMILES string of the molecule is O=S([O-])OCc1ccccc1. The molecule has 0 aliphatic carbocycles. The van der Waals surface area contributed by atoms with Crippen LogP contribution in [0.3, 0.4) is 0 Å². The van der Waals surface area contributed by atoms with E-state index in [1.807, 2.05) is 18.2 Å². The van der Waals surface area contributed by atoms with Gasteiger partial charge in [-0.15, -0.1) is 0 Å². The summed E-state index contributed by atoms with van der Waals surface area (Å²) >= 11 is -2.42. The van der Waals surface area contributed by atoms with Crippen molar-refractivity contribution in [3.63, 3.8) is 0 Å². The molecule has 0 saturated heterocycles. The summed E-state index contributed by atoms with van der Waals surface area (Å²) in [6, 6.07) is 9.11. The predicted molar refractivity (Wildman–Crippen MR) is 40.2 cm³/mol. The van der Waals surface area contributed by atoms with Gasteiger partial charge < -0.3 is 4.55 Å². The first-order valence-electron chi connectivity index (χ1n) is 3.05. The van der Waals surface area contributed by atoms with Gasteiger partial charge in [-0.2, -0.15) is 0 Å². The summed E-state index contributed by atoms with van der Waals surface area (Å²) in [5.41, 5.74) is 0.844. The van der Waals surface area contributed by atoms with Crippen LogP contribution >= 0.6 is 0 Å². The predicted octanol–water partition coefficient (Wildman–Crippen LogP) is 0.997. The molecule has 0 aliphatic heterocycles. The number of benzene rings is 1. The lowest BCUT2D eigenvalue weighted by molar-refractivity contribution is 0.291. The molecule has 0 N–H and O–H groups in total. The van der Waals surface area contributed by atoms with Gasteiger partial charge in [-0.05, 0) is 5.56 Å². The maximum atomic E-state index is 9.95. The Hall–Kier alpha value is -0.710. The molecule has 0 heterocycles. The third-order valence-electron chi connectivity index (χ3n) is 1.16. The molecule has 0 fully saturated rings. The smallest absolute Gasteiger partial charge is 0.0879 e. The fourth-order valence-corrected chi connectivity index (χ4v) is 0.923. The van der Waals surface area contributed by atoms with Gasteiger partial charge in [0.2, 0.25) is 0 Å². The highest BCUT2D eigenvalue weighted by Crippen LogP contribution is 2.00. The second kappa shape index (κ2) is 4.23. The van der Waals surface area contributed by atoms with Crippen LogP contribution < -0.4 is 0 Å². The molecule has 11 heavy (non-hydrogen) atoms. The molecule has 1 rings (SSSR count). The maximum absolute atomic E-state index is 9.95. The van der Waals surface area contributed by atoms with Gasteiger partial charge in [0.25, 0.3) is 0 Å². The minimum atomic E-state index is -2.42. The zero-order valence-electron chi connectivity index (χ0n) is 5.73. The molecule has 0 bridgehead atoms. The molecule has 1 aromatic carbocycles. The van der Waals surface area contributed by atoms with Crippen molar-refractivity contribution in [2.45, 2.75) is 6.61 Å². The molecule has 4 heteroatoms. The fourth-order valence-electron chi connectivity index (χ4n) is 0.690. The van der Waals surface area contributed by atoms with E-state index in [4.69, 9.17) is 0 Å². The molecule has 0 saturated carbocycles. The maximum Gasteiger partial charge on any atom is 0.0879 e. The van der Waals surface area contributed by atoms with Crippen LogP contribution in [0, 0.1) is 0 Å². The third kappa shape index (κ3) is 3.27. The largest absolute Gasteiger partial charge is 0.750 e. The molecule has 0 radical (unpaired) electrons. The van der Waals surface area contributed by atoms with Crippen LogP contribution in [0.25, 0.3) is 0 Å². The Balaban J connectivity index is 2.45. The normalized spacial score (nSPS) is 12.8. The van der Waals surface area contributed by atoms with Gasteiger partial charge in [0.05, 0.1) is 18.0 Å². The van der Waals surface area contributed by atoms with Gasteiger partial charge in [-0.25, -0.2) is 4.21 Å². The Labute approximate surface area is 67.5 Å². The van der Waals surface area contributed by atoms with Gasteiger partial charge in [-0.1, -0.05) is 30.3 Å². The molecule has 1 unspecified atom stereocenters. The van der Waals surface area contributed by atoms with Crippen LogP contribution in [0.5, 0.6) is 0 Å². The van der Waals surface area contributed by atoms with Crippen LogP contribution in [0.1, 0.15) is 5.56 Å². The van der Waals surface area contributed by atoms with E-state index in [0.717, 1.165) is 5.56 Å². The molecule has 0 aliphatic rings. The zero-order chi connectivity index (χ0) is 8.10. The number of hydrogen-bond donors (Lipinski definition) is 0. The number of hydrogen-bond acceptors (Lipinski definition) is 3. The Morgan fingerprint density at radius 1 is 1.36 bits per heavy atom. The van der Waals surface area contributed by atoms with Crippen LogP contribution in [-0.4, -0.2) is 8.76 Å². The summed E-state index contributed by atoms with van der Waals surface area (Å²) < 4.78 is 24.2. The highest BCUT2D eigenvalue weighted by molar-refractivity contribution is 7.74. The molecular weight excluding hydrogens is 164 g/mol. The Bertz CT molecular complexity index is 235. The molecule has 0 aromatic heterocycles. The van der Waals surface area contributed by atoms with E-state index < -0.39 is 11.4 Å². The van der Waals surface area contributed by atoms with Crippen molar-refractivity contribution in [2.24, 2.45) is 0 Å². The van der Waals surface area contributed by atoms with Crippen molar-refractivity contribution >= 4 is 11.4 Å². The third-order valence-corrected chi connectivity index (χ3v) is 1.47. The lowest BCUT2D eigenvalue weighted by atomic mass is 10.2. The van der Waals surface area contributed by atoms with Gasteiger partial charge >= 0.3 is 0 Å². The monoisotopic (exact) mass is 171 g/mol. The van der Waals surface area contributed by atoms with Crippen molar-refractivity contribution in [2.75, 3.05) is 0 Å². The quantitative estimate of drug-likeness (QED) is 0.637. The second-order valence-electron chi connectivity index (χ2n) is 1.95. The van der Waals surface area contributed by atoms with Crippen LogP contribution in [0.4, 0.5) is 0 Å². The minimum Gasteiger partial charge on any atom is -0.750 e. The first kappa shape index (κ1) is 8.39. The summed E-state index contributed by atoms with van der Waals surface area (Å²) in [5.74, 6) is 0. The van der Waals surface area contributed by atoms with Crippen molar-refractivity contribution in [1.29, 1.82) is 0 Å². The van der Waals surface area contributed by atoms with Crippen molar-refractivity contribution in [1.82, 2.24) is 0 Å². The highest BCUT2D eigenvalue weighted by Gasteiger charge is 1.89. The summed E-state index contributed by atoms with van der Waals surface area (Å²) in [6.07, 6.45) is 0. The second-order valence-corrected chi connectivity index (χ2v) is 2.60. The summed E-state index contributed by atoms with van der Waals surface area (Å²) in [4.78, 5) is 0. The summed E-state index contributed by atoms with van der Waals surface area (Å²) in [5, 5.41) is 0. The average Bonchev–Trinajstić information content (AvgIpc) is 2.03. The molecule has 0 amide bonds. The lowest BCUT2D eigenvalue weighted by Crippen LogP contribution is -1.95. The first-order chi connectivity index (χ1) is 5.29. The van der Waals surface area contributed by atoms with E-state index in [2.05, 4.69) is 4.18 Å². The van der Waals surface area contributed by atoms with E-state index >= 15 is 0 Å². The van der Waals surface area contributed by atoms with Gasteiger partial charge in [0, 0.05) is 0 Å². The van der Waals surface area contributed by atoms with Gasteiger partial charge in [0.15, 0.2) is 0 Å². The standard InChI is InChI=1S/C7H8O3S/c8-11(9)10-6-7-4-2-1-3-5-7/h1-5H,6H2,(H,8,9)/p-1. The molecule has 1 aromatic rings. The Morgan fingerprint density at radius 2 is 2.00 bits per heavy atom. The van der Waals surface area contributed by atoms with Crippen LogP contribution in [0.15, 0.2) is 30.3 Å². The zero-order valence-corrected chi connectivity index (χ0v) is 6.54. The van der Waals surface area contributed by atoms with Crippen molar-refractivity contribution < 1.29 is 12.9 Å². The topological polar surface area (TPSA) is 49.4 Å². The summed E-state index contributed by atoms with van der Waals surface area (Å²) in [6.45, 7) is 0.108. The van der Waals surface area contributed by atoms with Crippen LogP contribution in [0.2, 0.25) is 0 Å². The van der Waals surface area contributed by atoms with Crippen molar-refractivity contribution in [3.05, 3.63) is 35.9 Å². The van der Waals surface area contributed by atoms with Gasteiger partial charge in [-0.3, -0.25) is 4.18 Å². The van der Waals surface area contributed by atoms with Crippen LogP contribution in [-0.2, 0) is 22.2 Å². The highest BCUT2D eigenvalue weighted by atomic mass is 32.2. The average molecular weight is 171 g/mol. The minimum absolute atomic E-state index is 0.108. The number of rotatable bonds is 3. The van der Waals surface area contributed by atoms with E-state index in [1.54, 1.807) is 12.1 Å². The van der Waals surface area contributed by atoms with Crippen molar-refractivity contribution in [3.8, 4) is 0 Å². The van der Waals surface area contributed by atoms with E-state index in [-0.39, 0.29) is 6.61 Å². The van der Waals surface area contributed by atoms with E-state index in [9.17, 15) is 8.76 Å². The fraction of sp³-hybridized carbons (Fsp3) is 0.143. The van der Waals surface area contributed by atoms with Gasteiger partial charge in [0.1, 0.15) is 0 Å². The molecular formula is C7H7O3S-. The lowest BCUT2D eigenvalue weighted by Gasteiger charge is -2.04. The first-order valence-corrected chi connectivity index (χ1v) is 4.05. The van der Waals surface area contributed by atoms with E-state index in [0.29, 0.717) is 0 Å². The van der Waals surface area contributed by atoms with E-state index in [1.165, 1.54) is 0 Å².